The Hall–Kier alpha value is -4.39. The molecule has 4 aromatic rings. The summed E-state index contributed by atoms with van der Waals surface area (Å²) in [6, 6.07) is 25.8. The minimum atomic E-state index is -0.437. The van der Waals surface area contributed by atoms with Crippen LogP contribution in [0.5, 0.6) is 11.5 Å². The lowest BCUT2D eigenvalue weighted by Crippen LogP contribution is -2.18. The van der Waals surface area contributed by atoms with Gasteiger partial charge in [-0.2, -0.15) is 10.2 Å². The lowest BCUT2D eigenvalue weighted by molar-refractivity contribution is 0.0950. The number of nitrogens with one attached hydrogen (secondary N) is 2. The van der Waals surface area contributed by atoms with Crippen LogP contribution in [0.4, 0.5) is 0 Å². The number of carbonyl (C=O) groups is 1. The van der Waals surface area contributed by atoms with Gasteiger partial charge in [0.25, 0.3) is 5.91 Å². The number of carbonyl (C=O) groups excluding carboxylic acids is 1. The number of amides is 1. The van der Waals surface area contributed by atoms with E-state index in [0.717, 1.165) is 16.9 Å². The molecule has 4 rings (SSSR count). The molecule has 1 amide bonds. The monoisotopic (exact) mass is 412 g/mol. The van der Waals surface area contributed by atoms with Gasteiger partial charge in [-0.05, 0) is 48.0 Å². The minimum absolute atomic E-state index is 0.0838. The maximum atomic E-state index is 12.3. The topological polar surface area (TPSA) is 99.6 Å². The summed E-state index contributed by atoms with van der Waals surface area (Å²) in [6.45, 7) is 0.494. The zero-order chi connectivity index (χ0) is 21.5. The highest BCUT2D eigenvalue weighted by Crippen LogP contribution is 2.22. The number of aromatic hydroxyl groups is 1. The van der Waals surface area contributed by atoms with Crippen LogP contribution in [0.2, 0.25) is 0 Å². The highest BCUT2D eigenvalue weighted by atomic mass is 16.5. The molecule has 7 nitrogen and oxygen atoms in total. The van der Waals surface area contributed by atoms with E-state index < -0.39 is 5.91 Å². The van der Waals surface area contributed by atoms with Crippen LogP contribution in [0.25, 0.3) is 11.3 Å². The van der Waals surface area contributed by atoms with Crippen molar-refractivity contribution in [2.45, 2.75) is 6.61 Å². The van der Waals surface area contributed by atoms with Gasteiger partial charge >= 0.3 is 0 Å². The Morgan fingerprint density at radius 2 is 1.77 bits per heavy atom. The Morgan fingerprint density at radius 1 is 1.03 bits per heavy atom. The van der Waals surface area contributed by atoms with E-state index in [1.807, 2.05) is 54.6 Å². The van der Waals surface area contributed by atoms with Crippen LogP contribution in [0.1, 0.15) is 21.6 Å². The molecule has 0 spiro atoms. The molecule has 0 saturated heterocycles. The second-order valence-electron chi connectivity index (χ2n) is 6.72. The summed E-state index contributed by atoms with van der Waals surface area (Å²) in [5.41, 5.74) is 5.76. The van der Waals surface area contributed by atoms with E-state index >= 15 is 0 Å². The molecule has 1 heterocycles. The molecule has 0 aliphatic rings. The quantitative estimate of drug-likeness (QED) is 0.314. The van der Waals surface area contributed by atoms with Gasteiger partial charge in [0.1, 0.15) is 23.8 Å². The fourth-order valence-corrected chi connectivity index (χ4v) is 2.87. The van der Waals surface area contributed by atoms with Crippen molar-refractivity contribution in [1.82, 2.24) is 15.6 Å². The van der Waals surface area contributed by atoms with Crippen LogP contribution in [0.3, 0.4) is 0 Å². The van der Waals surface area contributed by atoms with Gasteiger partial charge in [0.2, 0.25) is 0 Å². The number of nitrogens with zero attached hydrogens (tertiary/aromatic N) is 2. The molecule has 0 fully saturated rings. The highest BCUT2D eigenvalue weighted by Gasteiger charge is 2.10. The first-order chi connectivity index (χ1) is 15.2. The predicted octanol–water partition coefficient (Wildman–Crippen LogP) is 4.13. The number of para-hydroxylation sites is 1. The average Bonchev–Trinajstić information content (AvgIpc) is 3.30. The molecule has 0 saturated carbocycles. The van der Waals surface area contributed by atoms with Crippen LogP contribution in [-0.2, 0) is 6.61 Å². The van der Waals surface area contributed by atoms with Crippen molar-refractivity contribution in [3.63, 3.8) is 0 Å². The van der Waals surface area contributed by atoms with E-state index in [1.165, 1.54) is 6.21 Å². The highest BCUT2D eigenvalue weighted by molar-refractivity contribution is 5.94. The van der Waals surface area contributed by atoms with Gasteiger partial charge in [0, 0.05) is 11.1 Å². The summed E-state index contributed by atoms with van der Waals surface area (Å²) in [5.74, 6) is 0.397. The maximum absolute atomic E-state index is 12.3. The molecule has 31 heavy (non-hydrogen) atoms. The van der Waals surface area contributed by atoms with Crippen LogP contribution >= 0.6 is 0 Å². The molecule has 0 radical (unpaired) electrons. The van der Waals surface area contributed by atoms with Crippen molar-refractivity contribution in [1.29, 1.82) is 0 Å². The van der Waals surface area contributed by atoms with Crippen LogP contribution in [0.15, 0.2) is 90.0 Å². The average molecular weight is 412 g/mol. The fraction of sp³-hybridized carbons (Fsp3) is 0.0417. The molecule has 3 aromatic carbocycles. The summed E-state index contributed by atoms with van der Waals surface area (Å²) in [5, 5.41) is 20.5. The number of hydrogen-bond acceptors (Lipinski definition) is 5. The van der Waals surface area contributed by atoms with Crippen LogP contribution in [0, 0.1) is 0 Å². The van der Waals surface area contributed by atoms with E-state index in [2.05, 4.69) is 20.7 Å². The molecule has 7 heteroatoms. The number of ether oxygens (including phenoxy) is 1. The van der Waals surface area contributed by atoms with E-state index in [4.69, 9.17) is 4.74 Å². The number of rotatable bonds is 7. The van der Waals surface area contributed by atoms with E-state index in [9.17, 15) is 9.90 Å². The number of hydrazone groups is 1. The van der Waals surface area contributed by atoms with E-state index in [1.54, 1.807) is 30.3 Å². The first-order valence-corrected chi connectivity index (χ1v) is 9.63. The molecule has 154 valence electrons. The third kappa shape index (κ3) is 5.16. The number of hydrogen-bond donors (Lipinski definition) is 3. The van der Waals surface area contributed by atoms with Gasteiger partial charge in [0.15, 0.2) is 0 Å². The van der Waals surface area contributed by atoms with Gasteiger partial charge in [0.05, 0.1) is 11.9 Å². The summed E-state index contributed by atoms with van der Waals surface area (Å²) < 4.78 is 5.79. The number of phenolic OH excluding ortho intramolecular Hbond substituents is 1. The second kappa shape index (κ2) is 9.41. The van der Waals surface area contributed by atoms with Crippen LogP contribution < -0.4 is 10.2 Å². The molecule has 0 aliphatic carbocycles. The molecule has 0 bridgehead atoms. The fourth-order valence-electron chi connectivity index (χ4n) is 2.87. The van der Waals surface area contributed by atoms with Gasteiger partial charge in [-0.15, -0.1) is 0 Å². The van der Waals surface area contributed by atoms with Crippen molar-refractivity contribution < 1.29 is 14.6 Å². The van der Waals surface area contributed by atoms with E-state index in [-0.39, 0.29) is 11.4 Å². The van der Waals surface area contributed by atoms with Crippen LogP contribution in [-0.4, -0.2) is 27.4 Å². The number of H-pyrrole nitrogens is 1. The first-order valence-electron chi connectivity index (χ1n) is 9.63. The number of aromatic nitrogens is 2. The second-order valence-corrected chi connectivity index (χ2v) is 6.72. The van der Waals surface area contributed by atoms with Gasteiger partial charge < -0.3 is 9.84 Å². The Labute approximate surface area is 179 Å². The molecule has 0 atom stereocenters. The molecule has 1 aromatic heterocycles. The van der Waals surface area contributed by atoms with Gasteiger partial charge in [-0.1, -0.05) is 42.5 Å². The largest absolute Gasteiger partial charge is 0.507 e. The summed E-state index contributed by atoms with van der Waals surface area (Å²) in [6.07, 6.45) is 1.37. The lowest BCUT2D eigenvalue weighted by Gasteiger charge is -2.06. The van der Waals surface area contributed by atoms with Crippen molar-refractivity contribution in [3.05, 3.63) is 102 Å². The Morgan fingerprint density at radius 3 is 2.55 bits per heavy atom. The number of phenols is 1. The smallest absolute Gasteiger partial charge is 0.289 e. The SMILES string of the molecule is O=C(N/N=C\c1ccccc1O)c1cc(-c2ccc(OCc3ccccc3)cc2)n[nH]1. The molecule has 0 aliphatic heterocycles. The van der Waals surface area contributed by atoms with Crippen molar-refractivity contribution in [2.24, 2.45) is 5.10 Å². The van der Waals surface area contributed by atoms with E-state index in [0.29, 0.717) is 17.9 Å². The standard InChI is InChI=1S/C24H20N4O3/c29-23-9-5-4-8-19(23)15-25-28-24(30)22-14-21(26-27-22)18-10-12-20(13-11-18)31-16-17-6-2-1-3-7-17/h1-15,29H,16H2,(H,26,27)(H,28,30)/b25-15-. The Balaban J connectivity index is 1.35. The number of benzene rings is 3. The summed E-state index contributed by atoms with van der Waals surface area (Å²) >= 11 is 0. The Kier molecular flexibility index (Phi) is 6.04. The van der Waals surface area contributed by atoms with Crippen molar-refractivity contribution in [2.75, 3.05) is 0 Å². The predicted molar refractivity (Wildman–Crippen MR) is 118 cm³/mol. The molecular formula is C24H20N4O3. The zero-order valence-corrected chi connectivity index (χ0v) is 16.5. The molecular weight excluding hydrogens is 392 g/mol. The Bertz CT molecular complexity index is 1180. The maximum Gasteiger partial charge on any atom is 0.289 e. The van der Waals surface area contributed by atoms with Crippen molar-refractivity contribution >= 4 is 12.1 Å². The lowest BCUT2D eigenvalue weighted by atomic mass is 10.1. The number of aromatic amines is 1. The first kappa shape index (κ1) is 19.9. The van der Waals surface area contributed by atoms with Gasteiger partial charge in [-0.25, -0.2) is 5.43 Å². The van der Waals surface area contributed by atoms with Gasteiger partial charge in [-0.3, -0.25) is 9.89 Å². The summed E-state index contributed by atoms with van der Waals surface area (Å²) in [7, 11) is 0. The third-order valence-corrected chi connectivity index (χ3v) is 4.53. The summed E-state index contributed by atoms with van der Waals surface area (Å²) in [4.78, 5) is 12.3. The zero-order valence-electron chi connectivity index (χ0n) is 16.5. The minimum Gasteiger partial charge on any atom is -0.507 e. The molecule has 3 N–H and O–H groups in total. The van der Waals surface area contributed by atoms with Crippen molar-refractivity contribution in [3.8, 4) is 22.8 Å². The molecule has 0 unspecified atom stereocenters. The third-order valence-electron chi connectivity index (χ3n) is 4.53. The normalized spacial score (nSPS) is 10.8.